The number of thiazole rings is 1. The van der Waals surface area contributed by atoms with Crippen molar-refractivity contribution < 1.29 is 4.79 Å². The normalized spacial score (nSPS) is 10.9. The standard InChI is InChI=1S/C22H19N3OS/c1-15-11-12-19-20(16(15)2)24-22(27-19)25(14-18-10-6-7-13-23-18)21(26)17-8-4-3-5-9-17/h3-13H,14H2,1-2H3. The van der Waals surface area contributed by atoms with Gasteiger partial charge in [-0.2, -0.15) is 0 Å². The monoisotopic (exact) mass is 373 g/mol. The zero-order valence-corrected chi connectivity index (χ0v) is 16.0. The van der Waals surface area contributed by atoms with Gasteiger partial charge in [-0.1, -0.05) is 41.7 Å². The third-order valence-corrected chi connectivity index (χ3v) is 5.66. The lowest BCUT2D eigenvalue weighted by atomic mass is 10.1. The van der Waals surface area contributed by atoms with Gasteiger partial charge in [0.25, 0.3) is 5.91 Å². The van der Waals surface area contributed by atoms with Crippen molar-refractivity contribution in [3.8, 4) is 0 Å². The molecule has 4 rings (SSSR count). The molecule has 0 aliphatic rings. The number of carbonyl (C=O) groups is 1. The Kier molecular flexibility index (Phi) is 4.69. The molecular formula is C22H19N3OS. The zero-order chi connectivity index (χ0) is 18.8. The lowest BCUT2D eigenvalue weighted by molar-refractivity contribution is 0.0985. The summed E-state index contributed by atoms with van der Waals surface area (Å²) in [5.74, 6) is -0.0744. The van der Waals surface area contributed by atoms with Gasteiger partial charge in [-0.25, -0.2) is 4.98 Å². The van der Waals surface area contributed by atoms with E-state index in [2.05, 4.69) is 31.0 Å². The minimum atomic E-state index is -0.0744. The van der Waals surface area contributed by atoms with E-state index in [1.807, 2.05) is 48.5 Å². The van der Waals surface area contributed by atoms with Crippen molar-refractivity contribution in [2.75, 3.05) is 4.90 Å². The highest BCUT2D eigenvalue weighted by atomic mass is 32.1. The van der Waals surface area contributed by atoms with E-state index in [0.29, 0.717) is 17.2 Å². The Morgan fingerprint density at radius 2 is 1.78 bits per heavy atom. The number of amides is 1. The number of nitrogens with zero attached hydrogens (tertiary/aromatic N) is 3. The molecule has 134 valence electrons. The van der Waals surface area contributed by atoms with Crippen molar-refractivity contribution in [1.82, 2.24) is 9.97 Å². The van der Waals surface area contributed by atoms with Gasteiger partial charge >= 0.3 is 0 Å². The van der Waals surface area contributed by atoms with Crippen molar-refractivity contribution >= 4 is 32.6 Å². The lowest BCUT2D eigenvalue weighted by Crippen LogP contribution is -2.30. The van der Waals surface area contributed by atoms with Crippen LogP contribution >= 0.6 is 11.3 Å². The van der Waals surface area contributed by atoms with Crippen molar-refractivity contribution in [3.63, 3.8) is 0 Å². The van der Waals surface area contributed by atoms with Crippen LogP contribution in [0.5, 0.6) is 0 Å². The number of carbonyl (C=O) groups excluding carboxylic acids is 1. The molecule has 0 spiro atoms. The fourth-order valence-corrected chi connectivity index (χ4v) is 3.97. The van der Waals surface area contributed by atoms with E-state index >= 15 is 0 Å². The van der Waals surface area contributed by atoms with Crippen LogP contribution in [0.3, 0.4) is 0 Å². The molecule has 4 nitrogen and oxygen atoms in total. The summed E-state index contributed by atoms with van der Waals surface area (Å²) in [6.45, 7) is 4.53. The molecule has 0 atom stereocenters. The Morgan fingerprint density at radius 1 is 1.00 bits per heavy atom. The Morgan fingerprint density at radius 3 is 2.52 bits per heavy atom. The Labute approximate surface area is 162 Å². The molecule has 1 amide bonds. The lowest BCUT2D eigenvalue weighted by Gasteiger charge is -2.19. The summed E-state index contributed by atoms with van der Waals surface area (Å²) in [5, 5.41) is 0.693. The van der Waals surface area contributed by atoms with Gasteiger partial charge in [0.2, 0.25) is 0 Å². The molecule has 0 N–H and O–H groups in total. The fourth-order valence-electron chi connectivity index (χ4n) is 2.95. The second-order valence-electron chi connectivity index (χ2n) is 6.43. The quantitative estimate of drug-likeness (QED) is 0.497. The van der Waals surface area contributed by atoms with Crippen LogP contribution in [0.15, 0.2) is 66.9 Å². The van der Waals surface area contributed by atoms with Crippen LogP contribution in [0.4, 0.5) is 5.13 Å². The number of rotatable bonds is 4. The largest absolute Gasteiger partial charge is 0.278 e. The van der Waals surface area contributed by atoms with Crippen molar-refractivity contribution in [3.05, 3.63) is 89.2 Å². The summed E-state index contributed by atoms with van der Waals surface area (Å²) in [7, 11) is 0. The van der Waals surface area contributed by atoms with Gasteiger partial charge in [-0.05, 0) is 55.3 Å². The van der Waals surface area contributed by atoms with E-state index in [9.17, 15) is 4.79 Å². The maximum Gasteiger partial charge on any atom is 0.260 e. The van der Waals surface area contributed by atoms with Crippen LogP contribution in [0.1, 0.15) is 27.2 Å². The summed E-state index contributed by atoms with van der Waals surface area (Å²) >= 11 is 1.54. The number of anilines is 1. The molecule has 27 heavy (non-hydrogen) atoms. The summed E-state index contributed by atoms with van der Waals surface area (Å²) in [5.41, 5.74) is 4.78. The van der Waals surface area contributed by atoms with Crippen LogP contribution in [-0.2, 0) is 6.54 Å². The third-order valence-electron chi connectivity index (χ3n) is 4.62. The highest BCUT2D eigenvalue weighted by Gasteiger charge is 2.22. The first-order valence-corrected chi connectivity index (χ1v) is 9.58. The highest BCUT2D eigenvalue weighted by Crippen LogP contribution is 2.33. The molecule has 0 bridgehead atoms. The van der Waals surface area contributed by atoms with Crippen LogP contribution in [0, 0.1) is 13.8 Å². The molecule has 0 unspecified atom stereocenters. The fraction of sp³-hybridized carbons (Fsp3) is 0.136. The van der Waals surface area contributed by atoms with Gasteiger partial charge in [-0.15, -0.1) is 0 Å². The summed E-state index contributed by atoms with van der Waals surface area (Å²) in [6, 6.07) is 19.2. The summed E-state index contributed by atoms with van der Waals surface area (Å²) in [6.07, 6.45) is 1.74. The third kappa shape index (κ3) is 3.46. The molecule has 4 aromatic rings. The predicted molar refractivity (Wildman–Crippen MR) is 110 cm³/mol. The molecule has 2 heterocycles. The number of hydrogen-bond acceptors (Lipinski definition) is 4. The maximum absolute atomic E-state index is 13.2. The zero-order valence-electron chi connectivity index (χ0n) is 15.2. The Hall–Kier alpha value is -3.05. The van der Waals surface area contributed by atoms with E-state index < -0.39 is 0 Å². The van der Waals surface area contributed by atoms with E-state index in [1.165, 1.54) is 16.9 Å². The van der Waals surface area contributed by atoms with E-state index in [1.54, 1.807) is 11.1 Å². The Bertz CT molecular complexity index is 1090. The van der Waals surface area contributed by atoms with Gasteiger partial charge in [0.05, 0.1) is 22.5 Å². The minimum absolute atomic E-state index is 0.0744. The average molecular weight is 373 g/mol. The highest BCUT2D eigenvalue weighted by molar-refractivity contribution is 7.22. The number of aryl methyl sites for hydroxylation is 2. The van der Waals surface area contributed by atoms with Crippen LogP contribution < -0.4 is 4.90 Å². The van der Waals surface area contributed by atoms with E-state index in [4.69, 9.17) is 4.98 Å². The van der Waals surface area contributed by atoms with Crippen molar-refractivity contribution in [1.29, 1.82) is 0 Å². The summed E-state index contributed by atoms with van der Waals surface area (Å²) in [4.78, 5) is 24.2. The van der Waals surface area contributed by atoms with Gasteiger partial charge in [0, 0.05) is 11.8 Å². The predicted octanol–water partition coefficient (Wildman–Crippen LogP) is 5.16. The number of benzene rings is 2. The van der Waals surface area contributed by atoms with Crippen LogP contribution in [0.2, 0.25) is 0 Å². The second-order valence-corrected chi connectivity index (χ2v) is 7.44. The molecule has 0 aliphatic carbocycles. The van der Waals surface area contributed by atoms with Gasteiger partial charge < -0.3 is 0 Å². The number of pyridine rings is 1. The van der Waals surface area contributed by atoms with Gasteiger partial charge in [-0.3, -0.25) is 14.7 Å². The first-order chi connectivity index (χ1) is 13.1. The van der Waals surface area contributed by atoms with Gasteiger partial charge in [0.1, 0.15) is 0 Å². The maximum atomic E-state index is 13.2. The van der Waals surface area contributed by atoms with Crippen LogP contribution in [-0.4, -0.2) is 15.9 Å². The second kappa shape index (κ2) is 7.29. The molecule has 0 fully saturated rings. The molecule has 0 radical (unpaired) electrons. The van der Waals surface area contributed by atoms with Crippen LogP contribution in [0.25, 0.3) is 10.2 Å². The first-order valence-electron chi connectivity index (χ1n) is 8.77. The smallest absolute Gasteiger partial charge is 0.260 e. The molecule has 0 saturated heterocycles. The summed E-state index contributed by atoms with van der Waals surface area (Å²) < 4.78 is 1.08. The van der Waals surface area contributed by atoms with E-state index in [0.717, 1.165) is 21.5 Å². The van der Waals surface area contributed by atoms with Crippen molar-refractivity contribution in [2.24, 2.45) is 0 Å². The number of aromatic nitrogens is 2. The molecule has 0 saturated carbocycles. The number of fused-ring (bicyclic) bond motifs is 1. The van der Waals surface area contributed by atoms with Crippen molar-refractivity contribution in [2.45, 2.75) is 20.4 Å². The first kappa shape index (κ1) is 17.4. The average Bonchev–Trinajstić information content (AvgIpc) is 3.15. The number of hydrogen-bond donors (Lipinski definition) is 0. The molecular weight excluding hydrogens is 354 g/mol. The molecule has 2 aromatic carbocycles. The SMILES string of the molecule is Cc1ccc2sc(N(Cc3ccccn3)C(=O)c3ccccc3)nc2c1C. The molecule has 2 aromatic heterocycles. The molecule has 5 heteroatoms. The Balaban J connectivity index is 1.80. The van der Waals surface area contributed by atoms with E-state index in [-0.39, 0.29) is 5.91 Å². The van der Waals surface area contributed by atoms with Gasteiger partial charge in [0.15, 0.2) is 5.13 Å². The molecule has 0 aliphatic heterocycles. The topological polar surface area (TPSA) is 46.1 Å². The minimum Gasteiger partial charge on any atom is -0.278 e.